The SMILES string of the molecule is CCOC(=O)N1CCc2c(sc(NC(=O)CCc3cc(C)c(C)o3)c2C#N)C1. The van der Waals surface area contributed by atoms with Crippen molar-refractivity contribution in [2.75, 3.05) is 18.5 Å². The van der Waals surface area contributed by atoms with Crippen LogP contribution in [0.15, 0.2) is 10.5 Å². The maximum absolute atomic E-state index is 12.4. The molecule has 2 amide bonds. The van der Waals surface area contributed by atoms with Crippen LogP contribution in [0.1, 0.15) is 46.4 Å². The Kier molecular flexibility index (Phi) is 6.05. The number of carbonyl (C=O) groups is 2. The standard InChI is InChI=1S/C20H23N3O4S/c1-4-26-20(25)23-8-7-15-16(10-21)19(28-17(15)11-23)22-18(24)6-5-14-9-12(2)13(3)27-14/h9H,4-8,11H2,1-3H3,(H,22,24). The largest absolute Gasteiger partial charge is 0.466 e. The maximum atomic E-state index is 12.4. The molecule has 1 N–H and O–H groups in total. The lowest BCUT2D eigenvalue weighted by Gasteiger charge is -2.25. The minimum Gasteiger partial charge on any atom is -0.466 e. The van der Waals surface area contributed by atoms with E-state index in [2.05, 4.69) is 11.4 Å². The van der Waals surface area contributed by atoms with Gasteiger partial charge in [-0.25, -0.2) is 4.79 Å². The lowest BCUT2D eigenvalue weighted by atomic mass is 10.0. The average molecular weight is 401 g/mol. The molecule has 0 unspecified atom stereocenters. The molecule has 0 bridgehead atoms. The number of amides is 2. The molecule has 0 atom stereocenters. The Morgan fingerprint density at radius 3 is 2.86 bits per heavy atom. The van der Waals surface area contributed by atoms with Gasteiger partial charge < -0.3 is 19.4 Å². The first kappa shape index (κ1) is 20.0. The average Bonchev–Trinajstić information content (AvgIpc) is 3.18. The van der Waals surface area contributed by atoms with Crippen LogP contribution in [0.2, 0.25) is 0 Å². The Bertz CT molecular complexity index is 919. The summed E-state index contributed by atoms with van der Waals surface area (Å²) in [5, 5.41) is 13.0. The number of ether oxygens (including phenoxy) is 1. The number of nitrogens with zero attached hydrogens (tertiary/aromatic N) is 2. The van der Waals surface area contributed by atoms with E-state index in [1.165, 1.54) is 11.3 Å². The molecule has 0 aromatic carbocycles. The molecule has 2 aromatic heterocycles. The summed E-state index contributed by atoms with van der Waals surface area (Å²) >= 11 is 1.36. The van der Waals surface area contributed by atoms with Gasteiger partial charge >= 0.3 is 6.09 Å². The molecule has 3 heterocycles. The molecular weight excluding hydrogens is 378 g/mol. The Labute approximate surface area is 167 Å². The van der Waals surface area contributed by atoms with Gasteiger partial charge in [0, 0.05) is 24.3 Å². The molecular formula is C20H23N3O4S. The van der Waals surface area contributed by atoms with Crippen LogP contribution in [0, 0.1) is 25.2 Å². The van der Waals surface area contributed by atoms with Crippen molar-refractivity contribution in [2.24, 2.45) is 0 Å². The molecule has 0 aliphatic carbocycles. The first-order valence-electron chi connectivity index (χ1n) is 9.25. The summed E-state index contributed by atoms with van der Waals surface area (Å²) in [5.74, 6) is 1.48. The Morgan fingerprint density at radius 2 is 2.21 bits per heavy atom. The van der Waals surface area contributed by atoms with Crippen LogP contribution in [-0.2, 0) is 28.9 Å². The number of furan rings is 1. The minimum atomic E-state index is -0.352. The van der Waals surface area contributed by atoms with E-state index in [9.17, 15) is 14.9 Å². The van der Waals surface area contributed by atoms with Crippen LogP contribution in [0.3, 0.4) is 0 Å². The van der Waals surface area contributed by atoms with Gasteiger partial charge in [-0.15, -0.1) is 11.3 Å². The van der Waals surface area contributed by atoms with Crippen molar-refractivity contribution in [3.05, 3.63) is 39.2 Å². The fourth-order valence-electron chi connectivity index (χ4n) is 3.18. The third-order valence-corrected chi connectivity index (χ3v) is 5.90. The third kappa shape index (κ3) is 4.20. The highest BCUT2D eigenvalue weighted by molar-refractivity contribution is 7.16. The highest BCUT2D eigenvalue weighted by Gasteiger charge is 2.28. The fourth-order valence-corrected chi connectivity index (χ4v) is 4.41. The van der Waals surface area contributed by atoms with Crippen LogP contribution in [0.4, 0.5) is 9.80 Å². The molecule has 3 rings (SSSR count). The summed E-state index contributed by atoms with van der Waals surface area (Å²) in [5.41, 5.74) is 2.49. The second kappa shape index (κ2) is 8.48. The number of anilines is 1. The minimum absolute atomic E-state index is 0.163. The number of carbonyl (C=O) groups excluding carboxylic acids is 2. The zero-order valence-corrected chi connectivity index (χ0v) is 17.1. The van der Waals surface area contributed by atoms with Gasteiger partial charge in [0.2, 0.25) is 5.91 Å². The lowest BCUT2D eigenvalue weighted by Crippen LogP contribution is -2.35. The van der Waals surface area contributed by atoms with Gasteiger partial charge in [0.15, 0.2) is 0 Å². The number of nitriles is 1. The smallest absolute Gasteiger partial charge is 0.410 e. The molecule has 0 saturated heterocycles. The number of aryl methyl sites for hydroxylation is 3. The number of hydrogen-bond acceptors (Lipinski definition) is 6. The summed E-state index contributed by atoms with van der Waals surface area (Å²) in [7, 11) is 0. The van der Waals surface area contributed by atoms with Crippen LogP contribution in [0.5, 0.6) is 0 Å². The topological polar surface area (TPSA) is 95.6 Å². The maximum Gasteiger partial charge on any atom is 0.410 e. The van der Waals surface area contributed by atoms with Crippen LogP contribution in [0.25, 0.3) is 0 Å². The predicted molar refractivity (Wildman–Crippen MR) is 105 cm³/mol. The van der Waals surface area contributed by atoms with Crippen molar-refractivity contribution in [3.8, 4) is 6.07 Å². The Hall–Kier alpha value is -2.79. The molecule has 148 valence electrons. The highest BCUT2D eigenvalue weighted by atomic mass is 32.1. The summed E-state index contributed by atoms with van der Waals surface area (Å²) in [6.07, 6.45) is 1.00. The van der Waals surface area contributed by atoms with Gasteiger partial charge in [-0.2, -0.15) is 5.26 Å². The zero-order valence-electron chi connectivity index (χ0n) is 16.3. The monoisotopic (exact) mass is 401 g/mol. The van der Waals surface area contributed by atoms with Gasteiger partial charge in [-0.3, -0.25) is 4.79 Å². The molecule has 0 spiro atoms. The van der Waals surface area contributed by atoms with Crippen molar-refractivity contribution >= 4 is 28.3 Å². The number of rotatable bonds is 5. The molecule has 2 aromatic rings. The van der Waals surface area contributed by atoms with Gasteiger partial charge in [0.25, 0.3) is 0 Å². The Morgan fingerprint density at radius 1 is 1.43 bits per heavy atom. The summed E-state index contributed by atoms with van der Waals surface area (Å²) in [6, 6.07) is 4.15. The number of nitrogens with one attached hydrogen (secondary N) is 1. The molecule has 0 fully saturated rings. The summed E-state index contributed by atoms with van der Waals surface area (Å²) in [4.78, 5) is 26.9. The van der Waals surface area contributed by atoms with E-state index in [0.29, 0.717) is 43.1 Å². The molecule has 0 saturated carbocycles. The van der Waals surface area contributed by atoms with E-state index < -0.39 is 0 Å². The van der Waals surface area contributed by atoms with Crippen molar-refractivity contribution in [1.29, 1.82) is 5.26 Å². The Balaban J connectivity index is 1.67. The van der Waals surface area contributed by atoms with E-state index in [0.717, 1.165) is 27.5 Å². The summed E-state index contributed by atoms with van der Waals surface area (Å²) < 4.78 is 10.7. The van der Waals surface area contributed by atoms with Gasteiger partial charge in [-0.05, 0) is 44.4 Å². The van der Waals surface area contributed by atoms with E-state index in [-0.39, 0.29) is 18.4 Å². The number of fused-ring (bicyclic) bond motifs is 1. The molecule has 1 aliphatic heterocycles. The fraction of sp³-hybridized carbons (Fsp3) is 0.450. The van der Waals surface area contributed by atoms with Gasteiger partial charge in [0.05, 0.1) is 18.7 Å². The number of thiophene rings is 1. The quantitative estimate of drug-likeness (QED) is 0.819. The van der Waals surface area contributed by atoms with Crippen molar-refractivity contribution in [3.63, 3.8) is 0 Å². The lowest BCUT2D eigenvalue weighted by molar-refractivity contribution is -0.116. The zero-order chi connectivity index (χ0) is 20.3. The first-order chi connectivity index (χ1) is 13.4. The summed E-state index contributed by atoms with van der Waals surface area (Å²) in [6.45, 7) is 6.86. The van der Waals surface area contributed by atoms with Crippen LogP contribution >= 0.6 is 11.3 Å². The molecule has 8 heteroatoms. The third-order valence-electron chi connectivity index (χ3n) is 4.76. The van der Waals surface area contributed by atoms with Crippen molar-refractivity contribution in [2.45, 2.75) is 46.6 Å². The molecule has 28 heavy (non-hydrogen) atoms. The molecule has 0 radical (unpaired) electrons. The molecule has 1 aliphatic rings. The van der Waals surface area contributed by atoms with Gasteiger partial charge in [0.1, 0.15) is 22.6 Å². The van der Waals surface area contributed by atoms with E-state index in [1.54, 1.807) is 11.8 Å². The molecule has 7 nitrogen and oxygen atoms in total. The normalized spacial score (nSPS) is 13.0. The second-order valence-electron chi connectivity index (χ2n) is 6.69. The van der Waals surface area contributed by atoms with Crippen LogP contribution < -0.4 is 5.32 Å². The van der Waals surface area contributed by atoms with Crippen molar-refractivity contribution < 1.29 is 18.7 Å². The van der Waals surface area contributed by atoms with E-state index in [1.807, 2.05) is 19.9 Å². The van der Waals surface area contributed by atoms with Gasteiger partial charge in [-0.1, -0.05) is 0 Å². The van der Waals surface area contributed by atoms with E-state index >= 15 is 0 Å². The highest BCUT2D eigenvalue weighted by Crippen LogP contribution is 2.37. The predicted octanol–water partition coefficient (Wildman–Crippen LogP) is 3.92. The second-order valence-corrected chi connectivity index (χ2v) is 7.80. The van der Waals surface area contributed by atoms with Crippen LogP contribution in [-0.4, -0.2) is 30.1 Å². The van der Waals surface area contributed by atoms with Crippen molar-refractivity contribution in [1.82, 2.24) is 4.90 Å². The van der Waals surface area contributed by atoms with E-state index in [4.69, 9.17) is 9.15 Å². The number of hydrogen-bond donors (Lipinski definition) is 1. The first-order valence-corrected chi connectivity index (χ1v) is 10.1.